The van der Waals surface area contributed by atoms with Crippen molar-refractivity contribution in [2.75, 3.05) is 4.72 Å². The Morgan fingerprint density at radius 2 is 1.65 bits per heavy atom. The van der Waals surface area contributed by atoms with Crippen LogP contribution in [0.5, 0.6) is 0 Å². The van der Waals surface area contributed by atoms with Crippen LogP contribution in [-0.4, -0.2) is 20.2 Å². The highest BCUT2D eigenvalue weighted by molar-refractivity contribution is 7.92. The van der Waals surface area contributed by atoms with E-state index >= 15 is 0 Å². The number of nitrogens with one attached hydrogen (secondary N) is 3. The van der Waals surface area contributed by atoms with Crippen molar-refractivity contribution in [3.63, 3.8) is 0 Å². The first-order chi connectivity index (χ1) is 14.7. The second kappa shape index (κ2) is 9.51. The van der Waals surface area contributed by atoms with E-state index in [1.54, 1.807) is 30.3 Å². The molecule has 3 N–H and O–H groups in total. The number of aryl methyl sites for hydroxylation is 2. The van der Waals surface area contributed by atoms with E-state index in [1.807, 2.05) is 13.8 Å². The van der Waals surface area contributed by atoms with Gasteiger partial charge in [0, 0.05) is 10.4 Å². The van der Waals surface area contributed by atoms with E-state index in [1.165, 1.54) is 35.6 Å². The number of thiophene rings is 1. The summed E-state index contributed by atoms with van der Waals surface area (Å²) < 4.78 is 27.5. The van der Waals surface area contributed by atoms with E-state index in [0.717, 1.165) is 16.9 Å². The molecule has 1 heterocycles. The molecule has 2 amide bonds. The van der Waals surface area contributed by atoms with Gasteiger partial charge in [0.05, 0.1) is 20.5 Å². The van der Waals surface area contributed by atoms with Gasteiger partial charge < -0.3 is 0 Å². The number of benzene rings is 2. The molecule has 0 aliphatic rings. The Kier molecular flexibility index (Phi) is 6.99. The highest BCUT2D eigenvalue weighted by atomic mass is 35.5. The Morgan fingerprint density at radius 1 is 1.00 bits per heavy atom. The van der Waals surface area contributed by atoms with E-state index in [2.05, 4.69) is 15.6 Å². The summed E-state index contributed by atoms with van der Waals surface area (Å²) in [7, 11) is -3.88. The molecule has 3 aromatic rings. The summed E-state index contributed by atoms with van der Waals surface area (Å²) in [5.74, 6) is -0.982. The van der Waals surface area contributed by atoms with Gasteiger partial charge in [-0.15, -0.1) is 11.3 Å². The summed E-state index contributed by atoms with van der Waals surface area (Å²) in [6, 6.07) is 13.5. The average molecular weight is 478 g/mol. The molecule has 7 nitrogen and oxygen atoms in total. The fourth-order valence-corrected chi connectivity index (χ4v) is 5.09. The number of rotatable bonds is 6. The maximum atomic E-state index is 12.5. The molecule has 0 spiro atoms. The van der Waals surface area contributed by atoms with Crippen LogP contribution in [0.1, 0.15) is 37.4 Å². The van der Waals surface area contributed by atoms with Crippen molar-refractivity contribution in [3.8, 4) is 0 Å². The average Bonchev–Trinajstić information content (AvgIpc) is 3.14. The van der Waals surface area contributed by atoms with E-state index in [0.29, 0.717) is 4.88 Å². The highest BCUT2D eigenvalue weighted by Crippen LogP contribution is 2.24. The third-order valence-electron chi connectivity index (χ3n) is 4.40. The molecule has 0 aliphatic heterocycles. The lowest BCUT2D eigenvalue weighted by atomic mass is 10.2. The molecule has 0 bridgehead atoms. The summed E-state index contributed by atoms with van der Waals surface area (Å²) in [5, 5.41) is 0.268. The highest BCUT2D eigenvalue weighted by Gasteiger charge is 2.17. The molecule has 3 rings (SSSR count). The van der Waals surface area contributed by atoms with Gasteiger partial charge in [0.15, 0.2) is 0 Å². The standard InChI is InChI=1S/C21H20ClN3O4S2/c1-3-18-13(2)12-19(30-18)21(27)24-23-20(26)14-8-10-15(11-9-14)31(28,29)25-17-7-5-4-6-16(17)22/h4-12,25H,3H2,1-2H3,(H,23,26)(H,24,27). The van der Waals surface area contributed by atoms with Crippen LogP contribution in [0.3, 0.4) is 0 Å². The second-order valence-corrected chi connectivity index (χ2v) is 9.81. The van der Waals surface area contributed by atoms with E-state index < -0.39 is 21.8 Å². The van der Waals surface area contributed by atoms with Gasteiger partial charge in [0.25, 0.3) is 21.8 Å². The van der Waals surface area contributed by atoms with Crippen molar-refractivity contribution < 1.29 is 18.0 Å². The summed E-state index contributed by atoms with van der Waals surface area (Å²) in [4.78, 5) is 26.1. The Labute approximate surface area is 189 Å². The molecule has 0 aliphatic carbocycles. The molecule has 0 radical (unpaired) electrons. The van der Waals surface area contributed by atoms with Gasteiger partial charge in [-0.2, -0.15) is 0 Å². The predicted molar refractivity (Wildman–Crippen MR) is 122 cm³/mol. The normalized spacial score (nSPS) is 11.1. The molecule has 0 saturated carbocycles. The summed E-state index contributed by atoms with van der Waals surface area (Å²) >= 11 is 7.37. The first kappa shape index (κ1) is 22.8. The first-order valence-electron chi connectivity index (χ1n) is 9.28. The minimum Gasteiger partial charge on any atom is -0.278 e. The minimum absolute atomic E-state index is 0.0332. The Balaban J connectivity index is 1.64. The zero-order valence-corrected chi connectivity index (χ0v) is 19.1. The monoisotopic (exact) mass is 477 g/mol. The maximum Gasteiger partial charge on any atom is 0.279 e. The van der Waals surface area contributed by atoms with Gasteiger partial charge >= 0.3 is 0 Å². The molecular formula is C21H20ClN3O4S2. The third kappa shape index (κ3) is 5.43. The van der Waals surface area contributed by atoms with Crippen molar-refractivity contribution in [3.05, 3.63) is 80.5 Å². The van der Waals surface area contributed by atoms with Crippen molar-refractivity contribution in [2.24, 2.45) is 0 Å². The minimum atomic E-state index is -3.88. The van der Waals surface area contributed by atoms with Crippen LogP contribution in [0.2, 0.25) is 5.02 Å². The maximum absolute atomic E-state index is 12.5. The predicted octanol–water partition coefficient (Wildman–Crippen LogP) is 4.15. The Hall–Kier alpha value is -2.88. The molecule has 10 heteroatoms. The molecule has 2 aromatic carbocycles. The van der Waals surface area contributed by atoms with Gasteiger partial charge in [0.1, 0.15) is 0 Å². The molecule has 0 atom stereocenters. The van der Waals surface area contributed by atoms with Crippen molar-refractivity contribution in [2.45, 2.75) is 25.2 Å². The van der Waals surface area contributed by atoms with Crippen LogP contribution >= 0.6 is 22.9 Å². The summed E-state index contributed by atoms with van der Waals surface area (Å²) in [6.07, 6.45) is 0.830. The quantitative estimate of drug-likeness (QED) is 0.464. The SMILES string of the molecule is CCc1sc(C(=O)NNC(=O)c2ccc(S(=O)(=O)Nc3ccccc3Cl)cc2)cc1C. The number of hydrogen-bond acceptors (Lipinski definition) is 5. The second-order valence-electron chi connectivity index (χ2n) is 6.59. The number of anilines is 1. The largest absolute Gasteiger partial charge is 0.279 e. The number of amides is 2. The molecular weight excluding hydrogens is 458 g/mol. The smallest absolute Gasteiger partial charge is 0.278 e. The van der Waals surface area contributed by atoms with Crippen LogP contribution in [-0.2, 0) is 16.4 Å². The van der Waals surface area contributed by atoms with Crippen molar-refractivity contribution in [1.29, 1.82) is 0 Å². The lowest BCUT2D eigenvalue weighted by molar-refractivity contribution is 0.0849. The van der Waals surface area contributed by atoms with Gasteiger partial charge in [-0.3, -0.25) is 25.2 Å². The zero-order chi connectivity index (χ0) is 22.6. The van der Waals surface area contributed by atoms with Crippen LogP contribution in [0.25, 0.3) is 0 Å². The molecule has 0 fully saturated rings. The van der Waals surface area contributed by atoms with Crippen LogP contribution in [0.15, 0.2) is 59.5 Å². The molecule has 162 valence electrons. The lowest BCUT2D eigenvalue weighted by Gasteiger charge is -2.10. The molecule has 31 heavy (non-hydrogen) atoms. The first-order valence-corrected chi connectivity index (χ1v) is 12.0. The van der Waals surface area contributed by atoms with Crippen LogP contribution < -0.4 is 15.6 Å². The van der Waals surface area contributed by atoms with Crippen molar-refractivity contribution in [1.82, 2.24) is 10.9 Å². The fourth-order valence-electron chi connectivity index (χ4n) is 2.76. The topological polar surface area (TPSA) is 104 Å². The number of hydrogen-bond donors (Lipinski definition) is 3. The van der Waals surface area contributed by atoms with E-state index in [-0.39, 0.29) is 21.2 Å². The number of hydrazine groups is 1. The lowest BCUT2D eigenvalue weighted by Crippen LogP contribution is -2.41. The molecule has 0 unspecified atom stereocenters. The summed E-state index contributed by atoms with van der Waals surface area (Å²) in [5.41, 5.74) is 6.18. The molecule has 1 aromatic heterocycles. The van der Waals surface area contributed by atoms with Gasteiger partial charge in [-0.25, -0.2) is 8.42 Å². The number of carbonyl (C=O) groups excluding carboxylic acids is 2. The zero-order valence-electron chi connectivity index (χ0n) is 16.7. The van der Waals surface area contributed by atoms with E-state index in [9.17, 15) is 18.0 Å². The van der Waals surface area contributed by atoms with Crippen molar-refractivity contribution >= 4 is 50.5 Å². The van der Waals surface area contributed by atoms with Gasteiger partial charge in [-0.1, -0.05) is 30.7 Å². The third-order valence-corrected chi connectivity index (χ3v) is 7.49. The molecule has 0 saturated heterocycles. The number of carbonyl (C=O) groups is 2. The van der Waals surface area contributed by atoms with Gasteiger partial charge in [0.2, 0.25) is 0 Å². The van der Waals surface area contributed by atoms with E-state index in [4.69, 9.17) is 11.6 Å². The van der Waals surface area contributed by atoms with Crippen LogP contribution in [0.4, 0.5) is 5.69 Å². The summed E-state index contributed by atoms with van der Waals surface area (Å²) in [6.45, 7) is 3.94. The number of halogens is 1. The fraction of sp³-hybridized carbons (Fsp3) is 0.143. The number of para-hydroxylation sites is 1. The Morgan fingerprint density at radius 3 is 2.26 bits per heavy atom. The van der Waals surface area contributed by atoms with Crippen LogP contribution in [0, 0.1) is 6.92 Å². The Bertz CT molecular complexity index is 1220. The van der Waals surface area contributed by atoms with Gasteiger partial charge in [-0.05, 0) is 61.4 Å². The number of sulfonamides is 1.